The Labute approximate surface area is 171 Å². The molecule has 0 spiro atoms. The summed E-state index contributed by atoms with van der Waals surface area (Å²) in [5.74, 6) is -1.46. The maximum absolute atomic E-state index is 12.6. The number of imide groups is 1. The Hall–Kier alpha value is -3.32. The predicted octanol–water partition coefficient (Wildman–Crippen LogP) is 3.17. The van der Waals surface area contributed by atoms with Crippen LogP contribution in [0.3, 0.4) is 0 Å². The van der Waals surface area contributed by atoms with E-state index in [-0.39, 0.29) is 6.54 Å². The molecule has 2 aromatic carbocycles. The van der Waals surface area contributed by atoms with Crippen molar-refractivity contribution in [2.24, 2.45) is 4.99 Å². The smallest absolute Gasteiger partial charge is 0.268 e. The summed E-state index contributed by atoms with van der Waals surface area (Å²) in [5.41, 5.74) is 2.81. The minimum atomic E-state index is -0.542. The Morgan fingerprint density at radius 1 is 1.14 bits per heavy atom. The lowest BCUT2D eigenvalue weighted by Gasteiger charge is -2.10. The van der Waals surface area contributed by atoms with Gasteiger partial charge in [-0.25, -0.2) is 0 Å². The average Bonchev–Trinajstić information content (AvgIpc) is 3.18. The van der Waals surface area contributed by atoms with Crippen LogP contribution in [0, 0.1) is 0 Å². The van der Waals surface area contributed by atoms with Crippen molar-refractivity contribution in [1.82, 2.24) is 9.47 Å². The van der Waals surface area contributed by atoms with Crippen LogP contribution >= 0.6 is 11.3 Å². The summed E-state index contributed by atoms with van der Waals surface area (Å²) in [5, 5.41) is 0. The van der Waals surface area contributed by atoms with E-state index in [1.807, 2.05) is 10.6 Å². The molecule has 0 saturated heterocycles. The second kappa shape index (κ2) is 7.60. The highest BCUT2D eigenvalue weighted by Crippen LogP contribution is 2.22. The lowest BCUT2D eigenvalue weighted by molar-refractivity contribution is -0.118. The van der Waals surface area contributed by atoms with Crippen molar-refractivity contribution in [3.8, 4) is 0 Å². The number of thiazole rings is 1. The largest absolute Gasteiger partial charge is 0.313 e. The number of allylic oxidation sites excluding steroid dienone is 1. The molecule has 0 aliphatic carbocycles. The fourth-order valence-corrected chi connectivity index (χ4v) is 4.51. The van der Waals surface area contributed by atoms with Crippen molar-refractivity contribution in [2.75, 3.05) is 6.54 Å². The second-order valence-corrected chi connectivity index (χ2v) is 7.70. The summed E-state index contributed by atoms with van der Waals surface area (Å²) in [4.78, 5) is 43.3. The number of fused-ring (bicyclic) bond motifs is 2. The molecule has 1 aliphatic heterocycles. The Morgan fingerprint density at radius 3 is 2.45 bits per heavy atom. The molecule has 1 aliphatic rings. The van der Waals surface area contributed by atoms with E-state index in [4.69, 9.17) is 0 Å². The molecule has 7 heteroatoms. The first-order valence-corrected chi connectivity index (χ1v) is 10.1. The highest BCUT2D eigenvalue weighted by Gasteiger charge is 2.36. The van der Waals surface area contributed by atoms with E-state index in [0.29, 0.717) is 22.5 Å². The van der Waals surface area contributed by atoms with Gasteiger partial charge in [0.1, 0.15) is 6.54 Å². The van der Waals surface area contributed by atoms with E-state index in [1.54, 1.807) is 30.3 Å². The van der Waals surface area contributed by atoms with Gasteiger partial charge < -0.3 is 4.57 Å². The van der Waals surface area contributed by atoms with Crippen LogP contribution in [0.25, 0.3) is 10.2 Å². The summed E-state index contributed by atoms with van der Waals surface area (Å²) in [6, 6.07) is 12.7. The Balaban J connectivity index is 1.68. The molecule has 0 saturated carbocycles. The zero-order valence-electron chi connectivity index (χ0n) is 15.9. The first kappa shape index (κ1) is 19.0. The number of nitrogens with zero attached hydrogens (tertiary/aromatic N) is 3. The van der Waals surface area contributed by atoms with Crippen LogP contribution in [-0.4, -0.2) is 33.7 Å². The summed E-state index contributed by atoms with van der Waals surface area (Å²) < 4.78 is 2.94. The number of hydrogen-bond donors (Lipinski definition) is 0. The third-order valence-electron chi connectivity index (χ3n) is 4.86. The van der Waals surface area contributed by atoms with Gasteiger partial charge in [0.05, 0.1) is 21.3 Å². The molecule has 0 fully saturated rings. The highest BCUT2D eigenvalue weighted by molar-refractivity contribution is 7.16. The lowest BCUT2D eigenvalue weighted by Crippen LogP contribution is -2.35. The summed E-state index contributed by atoms with van der Waals surface area (Å²) in [6.45, 7) is 5.99. The van der Waals surface area contributed by atoms with Crippen LogP contribution in [0.5, 0.6) is 0 Å². The molecule has 3 amide bonds. The zero-order valence-corrected chi connectivity index (χ0v) is 16.7. The van der Waals surface area contributed by atoms with Crippen LogP contribution in [0.2, 0.25) is 0 Å². The van der Waals surface area contributed by atoms with Gasteiger partial charge in [-0.2, -0.15) is 4.99 Å². The molecular weight excluding hydrogens is 386 g/mol. The normalized spacial score (nSPS) is 14.0. The molecule has 1 aromatic heterocycles. The van der Waals surface area contributed by atoms with Gasteiger partial charge in [0, 0.05) is 6.54 Å². The number of hydrogen-bond acceptors (Lipinski definition) is 4. The van der Waals surface area contributed by atoms with Crippen LogP contribution in [0.4, 0.5) is 0 Å². The topological polar surface area (TPSA) is 71.7 Å². The van der Waals surface area contributed by atoms with Crippen molar-refractivity contribution in [3.05, 3.63) is 76.6 Å². The van der Waals surface area contributed by atoms with E-state index < -0.39 is 17.7 Å². The number of rotatable bonds is 5. The van der Waals surface area contributed by atoms with Crippen molar-refractivity contribution in [2.45, 2.75) is 19.9 Å². The van der Waals surface area contributed by atoms with Crippen molar-refractivity contribution >= 4 is 39.3 Å². The van der Waals surface area contributed by atoms with E-state index in [0.717, 1.165) is 21.5 Å². The molecule has 2 heterocycles. The average molecular weight is 405 g/mol. The molecule has 0 N–H and O–H groups in total. The number of carbonyl (C=O) groups excluding carboxylic acids is 3. The minimum Gasteiger partial charge on any atom is -0.313 e. The van der Waals surface area contributed by atoms with E-state index in [1.165, 1.54) is 16.9 Å². The van der Waals surface area contributed by atoms with Gasteiger partial charge in [0.15, 0.2) is 4.80 Å². The van der Waals surface area contributed by atoms with Gasteiger partial charge >= 0.3 is 0 Å². The van der Waals surface area contributed by atoms with E-state index in [2.05, 4.69) is 30.6 Å². The first-order valence-electron chi connectivity index (χ1n) is 9.29. The summed E-state index contributed by atoms with van der Waals surface area (Å²) >= 11 is 1.41. The first-order chi connectivity index (χ1) is 14.0. The van der Waals surface area contributed by atoms with Gasteiger partial charge in [-0.15, -0.1) is 6.58 Å². The lowest BCUT2D eigenvalue weighted by atomic mass is 10.1. The third-order valence-corrected chi connectivity index (χ3v) is 5.90. The van der Waals surface area contributed by atoms with Crippen LogP contribution in [-0.2, 0) is 17.8 Å². The Kier molecular flexibility index (Phi) is 4.98. The standard InChI is InChI=1S/C22H19N3O3S/c1-3-11-24-17-10-9-14(4-2)12-18(17)29-22(24)23-19(26)13-25-20(27)15-7-5-6-8-16(15)21(25)28/h3,5-10,12H,1,4,11,13H2,2H3. The van der Waals surface area contributed by atoms with E-state index in [9.17, 15) is 14.4 Å². The maximum atomic E-state index is 12.6. The summed E-state index contributed by atoms with van der Waals surface area (Å²) in [6.07, 6.45) is 2.66. The number of benzene rings is 2. The molecule has 0 bridgehead atoms. The van der Waals surface area contributed by atoms with Crippen molar-refractivity contribution in [3.63, 3.8) is 0 Å². The molecule has 0 atom stereocenters. The van der Waals surface area contributed by atoms with Gasteiger partial charge in [0.25, 0.3) is 17.7 Å². The Morgan fingerprint density at radius 2 is 1.83 bits per heavy atom. The SMILES string of the molecule is C=CCn1c(=NC(=O)CN2C(=O)c3ccccc3C2=O)sc2cc(CC)ccc21. The van der Waals surface area contributed by atoms with Gasteiger partial charge in [-0.3, -0.25) is 19.3 Å². The molecule has 146 valence electrons. The number of aryl methyl sites for hydroxylation is 1. The fourth-order valence-electron chi connectivity index (χ4n) is 3.39. The van der Waals surface area contributed by atoms with Gasteiger partial charge in [-0.05, 0) is 36.2 Å². The number of aromatic nitrogens is 1. The van der Waals surface area contributed by atoms with Crippen LogP contribution in [0.1, 0.15) is 33.2 Å². The Bertz CT molecular complexity index is 1200. The molecular formula is C22H19N3O3S. The molecule has 3 aromatic rings. The minimum absolute atomic E-state index is 0.320. The third kappa shape index (κ3) is 3.34. The number of carbonyl (C=O) groups is 3. The highest BCUT2D eigenvalue weighted by atomic mass is 32.1. The second-order valence-electron chi connectivity index (χ2n) is 6.69. The molecule has 0 unspecified atom stereocenters. The summed E-state index contributed by atoms with van der Waals surface area (Å²) in [7, 11) is 0. The molecule has 6 nitrogen and oxygen atoms in total. The quantitative estimate of drug-likeness (QED) is 0.483. The zero-order chi connectivity index (χ0) is 20.5. The van der Waals surface area contributed by atoms with Crippen LogP contribution in [0.15, 0.2) is 60.1 Å². The van der Waals surface area contributed by atoms with Crippen molar-refractivity contribution in [1.29, 1.82) is 0 Å². The predicted molar refractivity (Wildman–Crippen MR) is 112 cm³/mol. The monoisotopic (exact) mass is 405 g/mol. The fraction of sp³-hybridized carbons (Fsp3) is 0.182. The van der Waals surface area contributed by atoms with Gasteiger partial charge in [-0.1, -0.05) is 42.5 Å². The molecule has 29 heavy (non-hydrogen) atoms. The van der Waals surface area contributed by atoms with Crippen molar-refractivity contribution < 1.29 is 14.4 Å². The van der Waals surface area contributed by atoms with E-state index >= 15 is 0 Å². The van der Waals surface area contributed by atoms with Gasteiger partial charge in [0.2, 0.25) is 0 Å². The molecule has 4 rings (SSSR count). The van der Waals surface area contributed by atoms with Crippen LogP contribution < -0.4 is 4.80 Å². The number of amides is 3. The maximum Gasteiger partial charge on any atom is 0.268 e. The molecule has 0 radical (unpaired) electrons.